The largest absolute Gasteiger partial charge is 0.494 e. The second kappa shape index (κ2) is 7.13. The molecule has 0 fully saturated rings. The van der Waals surface area contributed by atoms with E-state index in [1.807, 2.05) is 24.3 Å². The molecule has 14 heavy (non-hydrogen) atoms. The molecule has 0 aliphatic heterocycles. The molecule has 0 amide bonds. The van der Waals surface area contributed by atoms with Crippen molar-refractivity contribution in [1.82, 2.24) is 0 Å². The van der Waals surface area contributed by atoms with Gasteiger partial charge in [-0.25, -0.2) is 0 Å². The number of halogens is 2. The molecule has 1 rings (SSSR count). The normalized spacial score (nSPS) is 10.1. The molecule has 0 bridgehead atoms. The molecule has 1 nitrogen and oxygen atoms in total. The molecule has 78 valence electrons. The quantitative estimate of drug-likeness (QED) is 0.557. The van der Waals surface area contributed by atoms with Crippen molar-refractivity contribution in [3.63, 3.8) is 0 Å². The fraction of sp³-hybridized carbons (Fsp3) is 0.455. The predicted octanol–water partition coefficient (Wildman–Crippen LogP) is 4.28. The van der Waals surface area contributed by atoms with Crippen molar-refractivity contribution in [2.24, 2.45) is 0 Å². The first-order chi connectivity index (χ1) is 6.83. The molecule has 0 radical (unpaired) electrons. The van der Waals surface area contributed by atoms with Crippen molar-refractivity contribution >= 4 is 27.5 Å². The van der Waals surface area contributed by atoms with Crippen molar-refractivity contribution in [2.45, 2.75) is 19.3 Å². The molecule has 0 heterocycles. The third-order valence-electron chi connectivity index (χ3n) is 1.84. The summed E-state index contributed by atoms with van der Waals surface area (Å²) in [5.74, 6) is 0.858. The van der Waals surface area contributed by atoms with E-state index in [0.29, 0.717) is 0 Å². The lowest BCUT2D eigenvalue weighted by Crippen LogP contribution is -1.97. The van der Waals surface area contributed by atoms with Crippen LogP contribution < -0.4 is 4.74 Å². The summed E-state index contributed by atoms with van der Waals surface area (Å²) in [4.78, 5) is 0. The molecule has 0 unspecified atom stereocenters. The Labute approximate surface area is 98.5 Å². The first-order valence-electron chi connectivity index (χ1n) is 4.77. The Morgan fingerprint density at radius 1 is 1.21 bits per heavy atom. The Bertz CT molecular complexity index is 265. The molecule has 3 heteroatoms. The van der Waals surface area contributed by atoms with Crippen LogP contribution >= 0.6 is 27.5 Å². The second-order valence-electron chi connectivity index (χ2n) is 3.06. The molecular formula is C11H14BrClO. The Hall–Kier alpha value is -0.210. The Balaban J connectivity index is 2.18. The van der Waals surface area contributed by atoms with Gasteiger partial charge in [-0.05, 0) is 37.5 Å². The smallest absolute Gasteiger partial charge is 0.120 e. The van der Waals surface area contributed by atoms with E-state index in [2.05, 4.69) is 15.9 Å². The van der Waals surface area contributed by atoms with Crippen LogP contribution in [-0.4, -0.2) is 11.9 Å². The molecule has 0 N–H and O–H groups in total. The van der Waals surface area contributed by atoms with Gasteiger partial charge in [0.05, 0.1) is 6.61 Å². The van der Waals surface area contributed by atoms with Crippen molar-refractivity contribution in [3.8, 4) is 5.75 Å². The van der Waals surface area contributed by atoms with E-state index < -0.39 is 0 Å². The van der Waals surface area contributed by atoms with Crippen LogP contribution in [-0.2, 0) is 0 Å². The van der Waals surface area contributed by atoms with E-state index in [1.54, 1.807) is 0 Å². The van der Waals surface area contributed by atoms with Crippen LogP contribution in [0.4, 0.5) is 0 Å². The summed E-state index contributed by atoms with van der Waals surface area (Å²) < 4.78 is 5.53. The van der Waals surface area contributed by atoms with E-state index in [9.17, 15) is 0 Å². The van der Waals surface area contributed by atoms with Crippen LogP contribution in [0.15, 0.2) is 24.3 Å². The molecule has 0 aromatic heterocycles. The number of hydrogen-bond donors (Lipinski definition) is 0. The number of unbranched alkanes of at least 4 members (excludes halogenated alkanes) is 2. The van der Waals surface area contributed by atoms with Crippen molar-refractivity contribution in [1.29, 1.82) is 0 Å². The third-order valence-corrected chi connectivity index (χ3v) is 2.64. The highest BCUT2D eigenvalue weighted by molar-refractivity contribution is 9.09. The number of rotatable bonds is 6. The lowest BCUT2D eigenvalue weighted by Gasteiger charge is -2.05. The monoisotopic (exact) mass is 276 g/mol. The molecule has 1 aromatic rings. The molecule has 0 aliphatic rings. The minimum Gasteiger partial charge on any atom is -0.494 e. The van der Waals surface area contributed by atoms with Crippen LogP contribution in [0.25, 0.3) is 0 Å². The summed E-state index contributed by atoms with van der Waals surface area (Å²) in [7, 11) is 0. The zero-order valence-corrected chi connectivity index (χ0v) is 10.4. The van der Waals surface area contributed by atoms with Crippen LogP contribution in [0.3, 0.4) is 0 Å². The minimum atomic E-state index is 0.725. The highest BCUT2D eigenvalue weighted by Crippen LogP contribution is 2.17. The SMILES string of the molecule is Clc1cccc(OCCCCCBr)c1. The van der Waals surface area contributed by atoms with Gasteiger partial charge in [-0.3, -0.25) is 0 Å². The Kier molecular flexibility index (Phi) is 6.04. The first-order valence-corrected chi connectivity index (χ1v) is 6.27. The number of alkyl halides is 1. The van der Waals surface area contributed by atoms with Gasteiger partial charge in [-0.2, -0.15) is 0 Å². The molecule has 1 aromatic carbocycles. The molecule has 0 spiro atoms. The summed E-state index contributed by atoms with van der Waals surface area (Å²) >= 11 is 9.22. The summed E-state index contributed by atoms with van der Waals surface area (Å²) in [5, 5.41) is 1.80. The molecular weight excluding hydrogens is 263 g/mol. The van der Waals surface area contributed by atoms with Crippen LogP contribution in [0.2, 0.25) is 5.02 Å². The fourth-order valence-electron chi connectivity index (χ4n) is 1.12. The Morgan fingerprint density at radius 3 is 2.79 bits per heavy atom. The third kappa shape index (κ3) is 4.87. The van der Waals surface area contributed by atoms with Gasteiger partial charge < -0.3 is 4.74 Å². The average Bonchev–Trinajstić information content (AvgIpc) is 2.18. The summed E-state index contributed by atoms with van der Waals surface area (Å²) in [6.07, 6.45) is 3.50. The van der Waals surface area contributed by atoms with Gasteiger partial charge in [0.2, 0.25) is 0 Å². The summed E-state index contributed by atoms with van der Waals surface area (Å²) in [6.45, 7) is 0.771. The van der Waals surface area contributed by atoms with E-state index in [1.165, 1.54) is 12.8 Å². The van der Waals surface area contributed by atoms with Gasteiger partial charge in [0, 0.05) is 10.4 Å². The van der Waals surface area contributed by atoms with E-state index in [-0.39, 0.29) is 0 Å². The van der Waals surface area contributed by atoms with Crippen molar-refractivity contribution in [3.05, 3.63) is 29.3 Å². The molecule has 0 saturated heterocycles. The lowest BCUT2D eigenvalue weighted by atomic mass is 10.3. The van der Waals surface area contributed by atoms with Gasteiger partial charge in [-0.15, -0.1) is 0 Å². The van der Waals surface area contributed by atoms with Crippen LogP contribution in [0.5, 0.6) is 5.75 Å². The molecule has 0 saturated carbocycles. The summed E-state index contributed by atoms with van der Waals surface area (Å²) in [5.41, 5.74) is 0. The van der Waals surface area contributed by atoms with Gasteiger partial charge >= 0.3 is 0 Å². The van der Waals surface area contributed by atoms with Crippen LogP contribution in [0, 0.1) is 0 Å². The zero-order chi connectivity index (χ0) is 10.2. The first kappa shape index (κ1) is 11.9. The fourth-order valence-corrected chi connectivity index (χ4v) is 1.70. The molecule has 0 atom stereocenters. The maximum absolute atomic E-state index is 5.82. The maximum atomic E-state index is 5.82. The topological polar surface area (TPSA) is 9.23 Å². The second-order valence-corrected chi connectivity index (χ2v) is 4.28. The van der Waals surface area contributed by atoms with E-state index in [0.717, 1.165) is 29.1 Å². The minimum absolute atomic E-state index is 0.725. The highest BCUT2D eigenvalue weighted by Gasteiger charge is 1.94. The average molecular weight is 278 g/mol. The highest BCUT2D eigenvalue weighted by atomic mass is 79.9. The predicted molar refractivity (Wildman–Crippen MR) is 64.6 cm³/mol. The number of hydrogen-bond acceptors (Lipinski definition) is 1. The van der Waals surface area contributed by atoms with Crippen molar-refractivity contribution < 1.29 is 4.74 Å². The zero-order valence-electron chi connectivity index (χ0n) is 8.01. The van der Waals surface area contributed by atoms with Crippen molar-refractivity contribution in [2.75, 3.05) is 11.9 Å². The number of ether oxygens (including phenoxy) is 1. The number of benzene rings is 1. The molecule has 0 aliphatic carbocycles. The van der Waals surface area contributed by atoms with Gasteiger partial charge in [0.25, 0.3) is 0 Å². The standard InChI is InChI=1S/C11H14BrClO/c12-7-2-1-3-8-14-11-6-4-5-10(13)9-11/h4-6,9H,1-3,7-8H2. The Morgan fingerprint density at radius 2 is 2.07 bits per heavy atom. The van der Waals surface area contributed by atoms with Crippen LogP contribution in [0.1, 0.15) is 19.3 Å². The van der Waals surface area contributed by atoms with E-state index >= 15 is 0 Å². The lowest BCUT2D eigenvalue weighted by molar-refractivity contribution is 0.306. The summed E-state index contributed by atoms with van der Waals surface area (Å²) in [6, 6.07) is 7.51. The maximum Gasteiger partial charge on any atom is 0.120 e. The van der Waals surface area contributed by atoms with Gasteiger partial charge in [0.15, 0.2) is 0 Å². The van der Waals surface area contributed by atoms with E-state index in [4.69, 9.17) is 16.3 Å². The van der Waals surface area contributed by atoms with Gasteiger partial charge in [-0.1, -0.05) is 33.6 Å². The van der Waals surface area contributed by atoms with Gasteiger partial charge in [0.1, 0.15) is 5.75 Å².